The van der Waals surface area contributed by atoms with Gasteiger partial charge >= 0.3 is 6.01 Å². The van der Waals surface area contributed by atoms with E-state index in [2.05, 4.69) is 30.5 Å². The van der Waals surface area contributed by atoms with Crippen molar-refractivity contribution in [2.75, 3.05) is 16.8 Å². The lowest BCUT2D eigenvalue weighted by molar-refractivity contribution is 0.406. The number of hydrogen-bond acceptors (Lipinski definition) is 7. The van der Waals surface area contributed by atoms with Gasteiger partial charge in [0.2, 0.25) is 0 Å². The zero-order valence-corrected chi connectivity index (χ0v) is 20.4. The summed E-state index contributed by atoms with van der Waals surface area (Å²) in [7, 11) is -3.08. The van der Waals surface area contributed by atoms with Crippen molar-refractivity contribution in [3.05, 3.63) is 59.1 Å². The van der Waals surface area contributed by atoms with E-state index in [1.54, 1.807) is 19.1 Å². The SMILES string of the molecule is C/C=C/c1cc(Nc2cc(C3CCS(=O)(=O)CC3)nc(Oc3cc(F)c4[nH]c(C)cc4c3F)n2)n[nH]1. The Kier molecular flexibility index (Phi) is 6.20. The molecule has 0 amide bonds. The van der Waals surface area contributed by atoms with E-state index in [0.717, 1.165) is 11.8 Å². The number of anilines is 2. The number of ether oxygens (including phenoxy) is 1. The van der Waals surface area contributed by atoms with Gasteiger partial charge in [-0.1, -0.05) is 6.08 Å². The van der Waals surface area contributed by atoms with Crippen LogP contribution in [-0.4, -0.2) is 45.1 Å². The lowest BCUT2D eigenvalue weighted by atomic mass is 9.98. The summed E-state index contributed by atoms with van der Waals surface area (Å²) in [6.07, 6.45) is 4.49. The number of sulfone groups is 1. The van der Waals surface area contributed by atoms with Crippen molar-refractivity contribution in [2.45, 2.75) is 32.6 Å². The van der Waals surface area contributed by atoms with Crippen molar-refractivity contribution >= 4 is 38.5 Å². The first-order chi connectivity index (χ1) is 17.2. The summed E-state index contributed by atoms with van der Waals surface area (Å²) in [6.45, 7) is 3.58. The van der Waals surface area contributed by atoms with E-state index in [1.807, 2.05) is 19.1 Å². The average molecular weight is 515 g/mol. The topological polar surface area (TPSA) is 126 Å². The van der Waals surface area contributed by atoms with E-state index in [0.29, 0.717) is 35.9 Å². The minimum absolute atomic E-state index is 0.0493. The van der Waals surface area contributed by atoms with Crippen LogP contribution in [-0.2, 0) is 9.84 Å². The van der Waals surface area contributed by atoms with Gasteiger partial charge in [0.15, 0.2) is 23.2 Å². The first-order valence-electron chi connectivity index (χ1n) is 11.4. The number of nitrogens with zero attached hydrogens (tertiary/aromatic N) is 3. The van der Waals surface area contributed by atoms with E-state index < -0.39 is 21.5 Å². The van der Waals surface area contributed by atoms with Gasteiger partial charge < -0.3 is 15.0 Å². The minimum Gasteiger partial charge on any atom is -0.421 e. The van der Waals surface area contributed by atoms with Crippen LogP contribution in [0.5, 0.6) is 11.8 Å². The Morgan fingerprint density at radius 2 is 1.89 bits per heavy atom. The Balaban J connectivity index is 1.51. The highest BCUT2D eigenvalue weighted by Gasteiger charge is 2.27. The molecule has 9 nitrogen and oxygen atoms in total. The van der Waals surface area contributed by atoms with Crippen LogP contribution in [0, 0.1) is 18.6 Å². The molecule has 0 aliphatic carbocycles. The first-order valence-corrected chi connectivity index (χ1v) is 13.2. The third-order valence-corrected chi connectivity index (χ3v) is 7.72. The van der Waals surface area contributed by atoms with E-state index in [9.17, 15) is 12.8 Å². The third kappa shape index (κ3) is 4.94. The molecule has 1 aliphatic rings. The molecule has 1 aromatic carbocycles. The summed E-state index contributed by atoms with van der Waals surface area (Å²) in [5, 5.41) is 10.2. The number of halogens is 2. The van der Waals surface area contributed by atoms with Crippen LogP contribution in [0.4, 0.5) is 20.4 Å². The lowest BCUT2D eigenvalue weighted by Crippen LogP contribution is -2.23. The Bertz CT molecular complexity index is 1560. The van der Waals surface area contributed by atoms with Gasteiger partial charge in [0, 0.05) is 35.2 Å². The van der Waals surface area contributed by atoms with Crippen molar-refractivity contribution in [1.29, 1.82) is 0 Å². The molecule has 0 saturated carbocycles. The number of H-pyrrole nitrogens is 2. The molecule has 1 fully saturated rings. The Morgan fingerprint density at radius 1 is 1.11 bits per heavy atom. The van der Waals surface area contributed by atoms with E-state index in [-0.39, 0.29) is 40.1 Å². The predicted molar refractivity (Wildman–Crippen MR) is 132 cm³/mol. The fourth-order valence-electron chi connectivity index (χ4n) is 4.25. The zero-order chi connectivity index (χ0) is 25.4. The fraction of sp³-hybridized carbons (Fsp3) is 0.292. The van der Waals surface area contributed by atoms with Gasteiger partial charge in [0.25, 0.3) is 0 Å². The molecule has 0 spiro atoms. The molecule has 36 heavy (non-hydrogen) atoms. The second-order valence-corrected chi connectivity index (χ2v) is 11.0. The van der Waals surface area contributed by atoms with Gasteiger partial charge in [0.05, 0.1) is 28.4 Å². The normalized spacial score (nSPS) is 16.1. The molecule has 3 aromatic heterocycles. The molecule has 4 heterocycles. The van der Waals surface area contributed by atoms with Crippen molar-refractivity contribution in [1.82, 2.24) is 25.1 Å². The van der Waals surface area contributed by atoms with Gasteiger partial charge in [-0.05, 0) is 38.8 Å². The van der Waals surface area contributed by atoms with Gasteiger partial charge in [-0.3, -0.25) is 5.10 Å². The summed E-state index contributed by atoms with van der Waals surface area (Å²) >= 11 is 0. The molecule has 12 heteroatoms. The second-order valence-electron chi connectivity index (χ2n) is 8.73. The van der Waals surface area contributed by atoms with Crippen molar-refractivity contribution in [2.24, 2.45) is 0 Å². The Morgan fingerprint density at radius 3 is 2.64 bits per heavy atom. The molecule has 0 atom stereocenters. The number of aromatic amines is 2. The number of allylic oxidation sites excluding steroid dienone is 1. The van der Waals surface area contributed by atoms with Gasteiger partial charge in [0.1, 0.15) is 15.7 Å². The Labute approximate surface area is 205 Å². The van der Waals surface area contributed by atoms with Crippen LogP contribution in [0.15, 0.2) is 30.3 Å². The molecule has 188 valence electrons. The largest absolute Gasteiger partial charge is 0.421 e. The number of rotatable bonds is 6. The predicted octanol–water partition coefficient (Wildman–Crippen LogP) is 5.13. The molecule has 1 aliphatic heterocycles. The van der Waals surface area contributed by atoms with Crippen LogP contribution in [0.3, 0.4) is 0 Å². The minimum atomic E-state index is -3.08. The number of fused-ring (bicyclic) bond motifs is 1. The summed E-state index contributed by atoms with van der Waals surface area (Å²) in [5.41, 5.74) is 1.97. The lowest BCUT2D eigenvalue weighted by Gasteiger charge is -2.22. The second kappa shape index (κ2) is 9.34. The molecule has 1 saturated heterocycles. The molecule has 0 unspecified atom stereocenters. The third-order valence-electron chi connectivity index (χ3n) is 6.00. The maximum Gasteiger partial charge on any atom is 0.324 e. The number of aromatic nitrogens is 5. The standard InChI is InChI=1S/C24H24F2N6O3S/c1-3-4-15-10-21(32-31-15)29-20-12-18(14-5-7-36(33,34)8-6-14)28-24(30-20)35-19-11-17(25)23-16(22(19)26)9-13(2)27-23/h3-4,9-12,14,27H,5-8H2,1-2H3,(H2,28,29,30,31,32)/b4-3+. The molecule has 3 N–H and O–H groups in total. The van der Waals surface area contributed by atoms with E-state index in [4.69, 9.17) is 4.74 Å². The van der Waals surface area contributed by atoms with Crippen LogP contribution < -0.4 is 10.1 Å². The molecule has 0 bridgehead atoms. The monoisotopic (exact) mass is 514 g/mol. The van der Waals surface area contributed by atoms with Gasteiger partial charge in [-0.15, -0.1) is 0 Å². The molecular formula is C24H24F2N6O3S. The van der Waals surface area contributed by atoms with Crippen molar-refractivity contribution < 1.29 is 21.9 Å². The maximum absolute atomic E-state index is 15.1. The summed E-state index contributed by atoms with van der Waals surface area (Å²) < 4.78 is 59.2. The fourth-order valence-corrected chi connectivity index (χ4v) is 5.74. The summed E-state index contributed by atoms with van der Waals surface area (Å²) in [6, 6.07) is 5.70. The quantitative estimate of drug-likeness (QED) is 0.326. The van der Waals surface area contributed by atoms with Crippen molar-refractivity contribution in [3.63, 3.8) is 0 Å². The highest BCUT2D eigenvalue weighted by Crippen LogP contribution is 2.34. The highest BCUT2D eigenvalue weighted by molar-refractivity contribution is 7.91. The number of aryl methyl sites for hydroxylation is 1. The van der Waals surface area contributed by atoms with Crippen LogP contribution in [0.2, 0.25) is 0 Å². The maximum atomic E-state index is 15.1. The molecule has 0 radical (unpaired) electrons. The van der Waals surface area contributed by atoms with Gasteiger partial charge in [-0.2, -0.15) is 15.1 Å². The van der Waals surface area contributed by atoms with Crippen LogP contribution in [0.25, 0.3) is 17.0 Å². The number of benzene rings is 1. The van der Waals surface area contributed by atoms with Crippen molar-refractivity contribution in [3.8, 4) is 11.8 Å². The first kappa shape index (κ1) is 23.9. The van der Waals surface area contributed by atoms with E-state index >= 15 is 4.39 Å². The highest BCUT2D eigenvalue weighted by atomic mass is 32.2. The number of nitrogens with one attached hydrogen (secondary N) is 3. The molecule has 4 aromatic rings. The summed E-state index contributed by atoms with van der Waals surface area (Å²) in [5.74, 6) is -1.03. The Hall–Kier alpha value is -3.80. The van der Waals surface area contributed by atoms with E-state index in [1.165, 1.54) is 6.07 Å². The van der Waals surface area contributed by atoms with Crippen LogP contribution in [0.1, 0.15) is 42.8 Å². The zero-order valence-electron chi connectivity index (χ0n) is 19.6. The average Bonchev–Trinajstić information content (AvgIpc) is 3.44. The van der Waals surface area contributed by atoms with Gasteiger partial charge in [-0.25, -0.2) is 17.2 Å². The smallest absolute Gasteiger partial charge is 0.324 e. The number of hydrogen-bond donors (Lipinski definition) is 3. The molecular weight excluding hydrogens is 490 g/mol. The summed E-state index contributed by atoms with van der Waals surface area (Å²) in [4.78, 5) is 11.5. The molecule has 5 rings (SSSR count). The van der Waals surface area contributed by atoms with Crippen LogP contribution >= 0.6 is 0 Å².